The van der Waals surface area contributed by atoms with E-state index < -0.39 is 15.8 Å². The molecule has 0 radical (unpaired) electrons. The molecule has 0 saturated heterocycles. The molecule has 1 amide bonds. The first-order chi connectivity index (χ1) is 9.16. The van der Waals surface area contributed by atoms with Gasteiger partial charge in [-0.1, -0.05) is 6.07 Å². The number of carbonyl (C=O) groups excluding carboxylic acids is 1. The lowest BCUT2D eigenvalue weighted by Gasteiger charge is -2.12. The summed E-state index contributed by atoms with van der Waals surface area (Å²) < 4.78 is 24.4. The number of rotatable bonds is 5. The lowest BCUT2D eigenvalue weighted by atomic mass is 10.1. The van der Waals surface area contributed by atoms with Crippen LogP contribution in [0.5, 0.6) is 0 Å². The first-order valence-corrected chi connectivity index (χ1v) is 7.58. The summed E-state index contributed by atoms with van der Waals surface area (Å²) in [4.78, 5) is 23.7. The van der Waals surface area contributed by atoms with Crippen LogP contribution in [0.3, 0.4) is 0 Å². The highest BCUT2D eigenvalue weighted by molar-refractivity contribution is 7.91. The molecule has 0 bridgehead atoms. The van der Waals surface area contributed by atoms with Crippen LogP contribution in [0.2, 0.25) is 0 Å². The van der Waals surface area contributed by atoms with E-state index in [1.807, 2.05) is 0 Å². The minimum atomic E-state index is -3.69. The van der Waals surface area contributed by atoms with Gasteiger partial charge in [-0.3, -0.25) is 4.79 Å². The second-order valence-corrected chi connectivity index (χ2v) is 6.67. The van der Waals surface area contributed by atoms with Gasteiger partial charge in [-0.25, -0.2) is 13.2 Å². The van der Waals surface area contributed by atoms with Gasteiger partial charge in [0, 0.05) is 20.5 Å². The Kier molecular flexibility index (Phi) is 4.88. The quantitative estimate of drug-likeness (QED) is 0.873. The monoisotopic (exact) mass is 299 g/mol. The van der Waals surface area contributed by atoms with Crippen LogP contribution in [-0.2, 0) is 14.6 Å². The second-order valence-electron chi connectivity index (χ2n) is 4.59. The Morgan fingerprint density at radius 3 is 2.35 bits per heavy atom. The van der Waals surface area contributed by atoms with Crippen LogP contribution in [-0.4, -0.2) is 50.1 Å². The predicted octanol–water partition coefficient (Wildman–Crippen LogP) is 0.945. The molecule has 0 aliphatic rings. The predicted molar refractivity (Wildman–Crippen MR) is 73.5 cm³/mol. The standard InChI is InChI=1S/C13H17NO5S/c1-9-10(13(16)17)5-4-6-11(9)20(18,19)8-7-12(15)14(2)3/h4-6H,7-8H2,1-3H3,(H,16,17). The molecule has 1 N–H and O–H groups in total. The molecule has 1 aromatic rings. The lowest BCUT2D eigenvalue weighted by molar-refractivity contribution is -0.128. The van der Waals surface area contributed by atoms with E-state index in [-0.39, 0.29) is 34.1 Å². The number of amides is 1. The Labute approximate surface area is 117 Å². The normalized spacial score (nSPS) is 11.2. The van der Waals surface area contributed by atoms with Crippen LogP contribution in [0.4, 0.5) is 0 Å². The van der Waals surface area contributed by atoms with Crippen molar-refractivity contribution >= 4 is 21.7 Å². The molecule has 6 nitrogen and oxygen atoms in total. The summed E-state index contributed by atoms with van der Waals surface area (Å²) in [6.45, 7) is 1.45. The van der Waals surface area contributed by atoms with Crippen molar-refractivity contribution in [3.63, 3.8) is 0 Å². The number of sulfone groups is 1. The van der Waals surface area contributed by atoms with E-state index in [1.54, 1.807) is 14.1 Å². The van der Waals surface area contributed by atoms with Gasteiger partial charge in [0.1, 0.15) is 0 Å². The summed E-state index contributed by atoms with van der Waals surface area (Å²) in [5, 5.41) is 8.99. The largest absolute Gasteiger partial charge is 0.478 e. The number of nitrogens with zero attached hydrogens (tertiary/aromatic N) is 1. The minimum Gasteiger partial charge on any atom is -0.478 e. The second kappa shape index (κ2) is 6.04. The highest BCUT2D eigenvalue weighted by Gasteiger charge is 2.22. The van der Waals surface area contributed by atoms with E-state index in [2.05, 4.69) is 0 Å². The average molecular weight is 299 g/mol. The van der Waals surface area contributed by atoms with E-state index in [1.165, 1.54) is 30.0 Å². The molecule has 0 aromatic heterocycles. The van der Waals surface area contributed by atoms with Crippen molar-refractivity contribution in [1.29, 1.82) is 0 Å². The van der Waals surface area contributed by atoms with Gasteiger partial charge >= 0.3 is 5.97 Å². The molecule has 0 saturated carbocycles. The zero-order valence-corrected chi connectivity index (χ0v) is 12.4. The van der Waals surface area contributed by atoms with Gasteiger partial charge in [-0.15, -0.1) is 0 Å². The van der Waals surface area contributed by atoms with E-state index in [9.17, 15) is 18.0 Å². The third kappa shape index (κ3) is 3.57. The molecule has 0 fully saturated rings. The number of carbonyl (C=O) groups is 2. The van der Waals surface area contributed by atoms with Crippen molar-refractivity contribution < 1.29 is 23.1 Å². The zero-order chi connectivity index (χ0) is 15.5. The molecule has 0 heterocycles. The number of carboxylic acids is 1. The Balaban J connectivity index is 3.08. The average Bonchev–Trinajstić information content (AvgIpc) is 2.35. The third-order valence-electron chi connectivity index (χ3n) is 2.93. The molecular weight excluding hydrogens is 282 g/mol. The first-order valence-electron chi connectivity index (χ1n) is 5.92. The minimum absolute atomic E-state index is 0.0380. The maximum absolute atomic E-state index is 12.2. The van der Waals surface area contributed by atoms with Crippen LogP contribution in [0.25, 0.3) is 0 Å². The van der Waals surface area contributed by atoms with Crippen molar-refractivity contribution in [1.82, 2.24) is 4.90 Å². The Bertz CT molecular complexity index is 634. The highest BCUT2D eigenvalue weighted by Crippen LogP contribution is 2.21. The number of carboxylic acid groups (broad SMARTS) is 1. The molecule has 20 heavy (non-hydrogen) atoms. The van der Waals surface area contributed by atoms with E-state index in [4.69, 9.17) is 5.11 Å². The van der Waals surface area contributed by atoms with Gasteiger partial charge in [0.25, 0.3) is 0 Å². The van der Waals surface area contributed by atoms with Crippen LogP contribution in [0.15, 0.2) is 23.1 Å². The van der Waals surface area contributed by atoms with Gasteiger partial charge in [-0.2, -0.15) is 0 Å². The Morgan fingerprint density at radius 2 is 1.85 bits per heavy atom. The number of hydrogen-bond donors (Lipinski definition) is 1. The maximum atomic E-state index is 12.2. The lowest BCUT2D eigenvalue weighted by Crippen LogP contribution is -2.24. The van der Waals surface area contributed by atoms with Crippen molar-refractivity contribution in [3.8, 4) is 0 Å². The topological polar surface area (TPSA) is 91.7 Å². The van der Waals surface area contributed by atoms with E-state index >= 15 is 0 Å². The molecule has 110 valence electrons. The fourth-order valence-corrected chi connectivity index (χ4v) is 3.26. The fourth-order valence-electron chi connectivity index (χ4n) is 1.74. The van der Waals surface area contributed by atoms with Crippen LogP contribution < -0.4 is 0 Å². The summed E-state index contributed by atoms with van der Waals surface area (Å²) >= 11 is 0. The van der Waals surface area contributed by atoms with Gasteiger partial charge in [-0.05, 0) is 24.6 Å². The molecule has 0 unspecified atom stereocenters. The number of hydrogen-bond acceptors (Lipinski definition) is 4. The van der Waals surface area contributed by atoms with Crippen LogP contribution in [0, 0.1) is 6.92 Å². The van der Waals surface area contributed by atoms with Crippen molar-refractivity contribution in [2.45, 2.75) is 18.2 Å². The summed E-state index contributed by atoms with van der Waals surface area (Å²) in [7, 11) is -0.593. The summed E-state index contributed by atoms with van der Waals surface area (Å²) in [5.41, 5.74) is 0.141. The summed E-state index contributed by atoms with van der Waals surface area (Å²) in [6, 6.07) is 4.09. The van der Waals surface area contributed by atoms with Crippen LogP contribution >= 0.6 is 0 Å². The summed E-state index contributed by atoms with van der Waals surface area (Å²) in [5.74, 6) is -1.81. The van der Waals surface area contributed by atoms with Gasteiger partial charge in [0.05, 0.1) is 16.2 Å². The molecule has 0 atom stereocenters. The van der Waals surface area contributed by atoms with Gasteiger partial charge < -0.3 is 10.0 Å². The molecule has 1 aromatic carbocycles. The van der Waals surface area contributed by atoms with Crippen molar-refractivity contribution in [3.05, 3.63) is 29.3 Å². The van der Waals surface area contributed by atoms with Gasteiger partial charge in [0.15, 0.2) is 9.84 Å². The number of aromatic carboxylic acids is 1. The van der Waals surface area contributed by atoms with E-state index in [0.717, 1.165) is 0 Å². The van der Waals surface area contributed by atoms with Crippen molar-refractivity contribution in [2.24, 2.45) is 0 Å². The molecule has 1 rings (SSSR count). The Hall–Kier alpha value is -1.89. The molecule has 0 spiro atoms. The first kappa shape index (κ1) is 16.2. The SMILES string of the molecule is Cc1c(C(=O)O)cccc1S(=O)(=O)CCC(=O)N(C)C. The Morgan fingerprint density at radius 1 is 1.25 bits per heavy atom. The maximum Gasteiger partial charge on any atom is 0.335 e. The molecule has 0 aliphatic carbocycles. The molecular formula is C13H17NO5S. The number of benzene rings is 1. The molecule has 0 aliphatic heterocycles. The summed E-state index contributed by atoms with van der Waals surface area (Å²) in [6.07, 6.45) is -0.133. The highest BCUT2D eigenvalue weighted by atomic mass is 32.2. The smallest absolute Gasteiger partial charge is 0.335 e. The zero-order valence-electron chi connectivity index (χ0n) is 11.6. The van der Waals surface area contributed by atoms with E-state index in [0.29, 0.717) is 0 Å². The van der Waals surface area contributed by atoms with Crippen LogP contribution in [0.1, 0.15) is 22.3 Å². The molecule has 7 heteroatoms. The third-order valence-corrected chi connectivity index (χ3v) is 4.79. The fraction of sp³-hybridized carbons (Fsp3) is 0.385. The van der Waals surface area contributed by atoms with Crippen molar-refractivity contribution in [2.75, 3.05) is 19.8 Å². The van der Waals surface area contributed by atoms with Gasteiger partial charge in [0.2, 0.25) is 5.91 Å².